The van der Waals surface area contributed by atoms with E-state index in [-0.39, 0.29) is 0 Å². The van der Waals surface area contributed by atoms with E-state index in [1.165, 1.54) is 18.4 Å². The molecule has 1 aliphatic rings. The molecule has 3 rings (SSSR count). The molecule has 1 saturated carbocycles. The first kappa shape index (κ1) is 14.7. The van der Waals surface area contributed by atoms with Gasteiger partial charge >= 0.3 is 0 Å². The number of nitrogens with one attached hydrogen (secondary N) is 1. The summed E-state index contributed by atoms with van der Waals surface area (Å²) in [6, 6.07) is 14.4. The Bertz CT molecular complexity index is 626. The van der Waals surface area contributed by atoms with Gasteiger partial charge in [0, 0.05) is 18.2 Å². The van der Waals surface area contributed by atoms with Gasteiger partial charge in [-0.05, 0) is 36.6 Å². The topological polar surface area (TPSA) is 21.3 Å². The van der Waals surface area contributed by atoms with Crippen molar-refractivity contribution >= 4 is 23.2 Å². The van der Waals surface area contributed by atoms with Gasteiger partial charge in [0.25, 0.3) is 0 Å². The van der Waals surface area contributed by atoms with Gasteiger partial charge in [-0.15, -0.1) is 0 Å². The molecule has 0 atom stereocenters. The molecule has 0 aromatic heterocycles. The molecule has 4 heteroatoms. The third-order valence-corrected chi connectivity index (χ3v) is 4.35. The molecule has 21 heavy (non-hydrogen) atoms. The van der Waals surface area contributed by atoms with E-state index >= 15 is 0 Å². The van der Waals surface area contributed by atoms with E-state index < -0.39 is 0 Å². The van der Waals surface area contributed by atoms with Crippen molar-refractivity contribution in [2.75, 3.05) is 0 Å². The number of rotatable bonds is 6. The maximum Gasteiger partial charge on any atom is 0.120 e. The number of hydrogen-bond acceptors (Lipinski definition) is 2. The Kier molecular flexibility index (Phi) is 4.69. The summed E-state index contributed by atoms with van der Waals surface area (Å²) in [7, 11) is 0. The fraction of sp³-hybridized carbons (Fsp3) is 0.294. The Labute approximate surface area is 135 Å². The number of benzene rings is 2. The summed E-state index contributed by atoms with van der Waals surface area (Å²) in [6.07, 6.45) is 2.59. The predicted octanol–water partition coefficient (Wildman–Crippen LogP) is 4.82. The van der Waals surface area contributed by atoms with Crippen molar-refractivity contribution in [1.82, 2.24) is 5.32 Å². The van der Waals surface area contributed by atoms with E-state index in [0.717, 1.165) is 17.9 Å². The third-order valence-electron chi connectivity index (χ3n) is 3.50. The van der Waals surface area contributed by atoms with Gasteiger partial charge in [-0.25, -0.2) is 0 Å². The highest BCUT2D eigenvalue weighted by Crippen LogP contribution is 2.27. The number of halogens is 2. The first-order valence-corrected chi connectivity index (χ1v) is 7.86. The fourth-order valence-corrected chi connectivity index (χ4v) is 2.49. The standard InChI is InChI=1S/C17H17Cl2NO/c18-16-6-2-4-13(17(16)19)11-21-15-5-1-3-12(9-15)10-20-14-7-8-14/h1-6,9,14,20H,7-8,10-11H2. The lowest BCUT2D eigenvalue weighted by Gasteiger charge is -2.10. The molecule has 0 saturated heterocycles. The zero-order valence-corrected chi connectivity index (χ0v) is 13.1. The molecule has 2 nitrogen and oxygen atoms in total. The predicted molar refractivity (Wildman–Crippen MR) is 87.1 cm³/mol. The van der Waals surface area contributed by atoms with Crippen molar-refractivity contribution < 1.29 is 4.74 Å². The summed E-state index contributed by atoms with van der Waals surface area (Å²) in [5, 5.41) is 4.61. The lowest BCUT2D eigenvalue weighted by Crippen LogP contribution is -2.15. The Balaban J connectivity index is 1.61. The van der Waals surface area contributed by atoms with Crippen molar-refractivity contribution in [3.05, 3.63) is 63.6 Å². The van der Waals surface area contributed by atoms with Gasteiger partial charge in [0.2, 0.25) is 0 Å². The van der Waals surface area contributed by atoms with Crippen molar-refractivity contribution in [3.63, 3.8) is 0 Å². The molecule has 0 spiro atoms. The van der Waals surface area contributed by atoms with Crippen LogP contribution in [0.4, 0.5) is 0 Å². The third kappa shape index (κ3) is 4.13. The first-order chi connectivity index (χ1) is 10.2. The second-order valence-corrected chi connectivity index (χ2v) is 6.09. The number of ether oxygens (including phenoxy) is 1. The highest BCUT2D eigenvalue weighted by molar-refractivity contribution is 6.42. The molecule has 110 valence electrons. The molecule has 0 bridgehead atoms. The van der Waals surface area contributed by atoms with Crippen LogP contribution in [0, 0.1) is 0 Å². The summed E-state index contributed by atoms with van der Waals surface area (Å²) < 4.78 is 5.82. The maximum atomic E-state index is 6.16. The minimum absolute atomic E-state index is 0.416. The zero-order chi connectivity index (χ0) is 14.7. The Morgan fingerprint density at radius 2 is 1.90 bits per heavy atom. The molecular weight excluding hydrogens is 305 g/mol. The summed E-state index contributed by atoms with van der Waals surface area (Å²) in [5.41, 5.74) is 2.13. The molecule has 0 unspecified atom stereocenters. The van der Waals surface area contributed by atoms with Crippen LogP contribution in [0.3, 0.4) is 0 Å². The van der Waals surface area contributed by atoms with Crippen LogP contribution in [0.2, 0.25) is 10.0 Å². The van der Waals surface area contributed by atoms with Gasteiger partial charge in [0.05, 0.1) is 10.0 Å². The Hall–Kier alpha value is -1.22. The highest BCUT2D eigenvalue weighted by Gasteiger charge is 2.19. The largest absolute Gasteiger partial charge is 0.489 e. The molecule has 1 N–H and O–H groups in total. The monoisotopic (exact) mass is 321 g/mol. The fourth-order valence-electron chi connectivity index (χ4n) is 2.12. The summed E-state index contributed by atoms with van der Waals surface area (Å²) in [6.45, 7) is 1.30. The average molecular weight is 322 g/mol. The normalized spacial score (nSPS) is 14.2. The first-order valence-electron chi connectivity index (χ1n) is 7.10. The van der Waals surface area contributed by atoms with Crippen molar-refractivity contribution in [2.24, 2.45) is 0 Å². The van der Waals surface area contributed by atoms with Gasteiger partial charge in [-0.1, -0.05) is 47.5 Å². The molecular formula is C17H17Cl2NO. The summed E-state index contributed by atoms with van der Waals surface area (Å²) in [5.74, 6) is 0.848. The number of hydrogen-bond donors (Lipinski definition) is 1. The van der Waals surface area contributed by atoms with Crippen LogP contribution in [0.1, 0.15) is 24.0 Å². The van der Waals surface area contributed by atoms with Gasteiger partial charge in [0.15, 0.2) is 0 Å². The van der Waals surface area contributed by atoms with Crippen LogP contribution in [-0.4, -0.2) is 6.04 Å². The van der Waals surface area contributed by atoms with Crippen LogP contribution in [0.5, 0.6) is 5.75 Å². The molecule has 1 aliphatic carbocycles. The minimum Gasteiger partial charge on any atom is -0.489 e. The molecule has 0 aliphatic heterocycles. The molecule has 0 heterocycles. The van der Waals surface area contributed by atoms with Crippen molar-refractivity contribution in [1.29, 1.82) is 0 Å². The van der Waals surface area contributed by atoms with E-state index in [1.54, 1.807) is 6.07 Å². The minimum atomic E-state index is 0.416. The molecule has 0 amide bonds. The molecule has 0 radical (unpaired) electrons. The van der Waals surface area contributed by atoms with E-state index in [1.807, 2.05) is 24.3 Å². The Morgan fingerprint density at radius 3 is 2.71 bits per heavy atom. The maximum absolute atomic E-state index is 6.16. The molecule has 2 aromatic rings. The molecule has 1 fully saturated rings. The van der Waals surface area contributed by atoms with E-state index in [9.17, 15) is 0 Å². The smallest absolute Gasteiger partial charge is 0.120 e. The van der Waals surface area contributed by atoms with E-state index in [4.69, 9.17) is 27.9 Å². The lowest BCUT2D eigenvalue weighted by molar-refractivity contribution is 0.306. The van der Waals surface area contributed by atoms with Gasteiger partial charge in [-0.2, -0.15) is 0 Å². The second kappa shape index (κ2) is 6.69. The van der Waals surface area contributed by atoms with Gasteiger partial charge in [-0.3, -0.25) is 0 Å². The van der Waals surface area contributed by atoms with Crippen molar-refractivity contribution in [2.45, 2.75) is 32.0 Å². The van der Waals surface area contributed by atoms with E-state index in [0.29, 0.717) is 22.7 Å². The zero-order valence-electron chi connectivity index (χ0n) is 11.6. The van der Waals surface area contributed by atoms with Gasteiger partial charge < -0.3 is 10.1 Å². The lowest BCUT2D eigenvalue weighted by atomic mass is 10.2. The highest BCUT2D eigenvalue weighted by atomic mass is 35.5. The Morgan fingerprint density at radius 1 is 1.10 bits per heavy atom. The van der Waals surface area contributed by atoms with Crippen LogP contribution in [0.25, 0.3) is 0 Å². The van der Waals surface area contributed by atoms with Crippen LogP contribution in [-0.2, 0) is 13.2 Å². The summed E-state index contributed by atoms with van der Waals surface area (Å²) in [4.78, 5) is 0. The second-order valence-electron chi connectivity index (χ2n) is 5.30. The molecule has 2 aromatic carbocycles. The van der Waals surface area contributed by atoms with Gasteiger partial charge in [0.1, 0.15) is 12.4 Å². The van der Waals surface area contributed by atoms with Crippen LogP contribution < -0.4 is 10.1 Å². The SMILES string of the molecule is Clc1cccc(COc2cccc(CNC3CC3)c2)c1Cl. The van der Waals surface area contributed by atoms with Crippen LogP contribution in [0.15, 0.2) is 42.5 Å². The van der Waals surface area contributed by atoms with Crippen LogP contribution >= 0.6 is 23.2 Å². The summed E-state index contributed by atoms with van der Waals surface area (Å²) >= 11 is 12.2. The average Bonchev–Trinajstić information content (AvgIpc) is 3.31. The van der Waals surface area contributed by atoms with Crippen molar-refractivity contribution in [3.8, 4) is 5.75 Å². The quantitative estimate of drug-likeness (QED) is 0.823. The van der Waals surface area contributed by atoms with E-state index in [2.05, 4.69) is 17.4 Å².